The summed E-state index contributed by atoms with van der Waals surface area (Å²) in [6.45, 7) is 6.53. The SMILES string of the molecule is CC(C)(O)c1cc2nc(C3CCC(CN4CC5(CC(CCCc6cccc7c6C(=O)N([C@@H]6CCC(=O)NC6=O)C7=O)C5)C4)CC3)sc2cc1NC(=O)c1cccc(C(F)(F)F)n1. The van der Waals surface area contributed by atoms with Crippen LogP contribution in [0.15, 0.2) is 48.5 Å². The molecule has 62 heavy (non-hydrogen) atoms. The number of aryl methyl sites for hydroxylation is 1. The lowest BCUT2D eigenvalue weighted by Gasteiger charge is -2.60. The number of likely N-dealkylation sites (tertiary alicyclic amines) is 1. The Morgan fingerprint density at radius 2 is 1.69 bits per heavy atom. The zero-order valence-corrected chi connectivity index (χ0v) is 35.5. The van der Waals surface area contributed by atoms with Crippen molar-refractivity contribution < 1.29 is 42.3 Å². The molecule has 12 nitrogen and oxygen atoms in total. The van der Waals surface area contributed by atoms with Crippen LogP contribution in [-0.4, -0.2) is 80.1 Å². The second-order valence-corrected chi connectivity index (χ2v) is 19.7. The first-order chi connectivity index (χ1) is 29.4. The number of nitrogens with zero attached hydrogens (tertiary/aromatic N) is 4. The van der Waals surface area contributed by atoms with E-state index in [0.29, 0.717) is 57.5 Å². The van der Waals surface area contributed by atoms with Gasteiger partial charge in [0.25, 0.3) is 17.7 Å². The molecule has 4 aromatic rings. The molecule has 2 aromatic carbocycles. The normalized spacial score (nSPS) is 23.1. The van der Waals surface area contributed by atoms with Crippen molar-refractivity contribution in [3.8, 4) is 0 Å². The van der Waals surface area contributed by atoms with Gasteiger partial charge in [0.1, 0.15) is 17.4 Å². The number of nitrogens with one attached hydrogen (secondary N) is 2. The summed E-state index contributed by atoms with van der Waals surface area (Å²) in [5.74, 6) is -1.15. The van der Waals surface area contributed by atoms with Gasteiger partial charge in [-0.05, 0) is 125 Å². The van der Waals surface area contributed by atoms with E-state index in [4.69, 9.17) is 4.98 Å². The highest BCUT2D eigenvalue weighted by atomic mass is 32.1. The summed E-state index contributed by atoms with van der Waals surface area (Å²) in [6.07, 6.45) is 4.89. The number of carbonyl (C=O) groups is 5. The zero-order valence-electron chi connectivity index (χ0n) is 34.6. The Bertz CT molecular complexity index is 2480. The van der Waals surface area contributed by atoms with Gasteiger partial charge in [-0.2, -0.15) is 13.2 Å². The number of piperidine rings is 1. The minimum Gasteiger partial charge on any atom is -0.386 e. The molecular formula is C46H49F3N6O6S. The number of anilines is 1. The highest BCUT2D eigenvalue weighted by Gasteiger charge is 2.52. The Kier molecular flexibility index (Phi) is 10.9. The number of halogens is 3. The minimum atomic E-state index is -4.69. The Labute approximate surface area is 360 Å². The van der Waals surface area contributed by atoms with E-state index in [0.717, 1.165) is 90.5 Å². The van der Waals surface area contributed by atoms with Crippen molar-refractivity contribution in [2.24, 2.45) is 17.3 Å². The van der Waals surface area contributed by atoms with E-state index in [-0.39, 0.29) is 18.5 Å². The van der Waals surface area contributed by atoms with Crippen LogP contribution < -0.4 is 10.6 Å². The zero-order chi connectivity index (χ0) is 43.7. The maximum absolute atomic E-state index is 13.5. The number of rotatable bonds is 11. The van der Waals surface area contributed by atoms with Gasteiger partial charge >= 0.3 is 6.18 Å². The molecule has 0 unspecified atom stereocenters. The number of amides is 5. The molecule has 5 heterocycles. The maximum Gasteiger partial charge on any atom is 0.433 e. The van der Waals surface area contributed by atoms with E-state index in [1.54, 1.807) is 49.4 Å². The number of hydrogen-bond donors (Lipinski definition) is 3. The molecule has 5 amide bonds. The van der Waals surface area contributed by atoms with Crippen molar-refractivity contribution in [1.29, 1.82) is 0 Å². The summed E-state index contributed by atoms with van der Waals surface area (Å²) in [5, 5.41) is 16.9. The summed E-state index contributed by atoms with van der Waals surface area (Å²) < 4.78 is 40.6. The van der Waals surface area contributed by atoms with Crippen molar-refractivity contribution in [3.05, 3.63) is 87.2 Å². The number of carbonyl (C=O) groups excluding carboxylic acids is 5. The average Bonchev–Trinajstić information content (AvgIpc) is 3.73. The van der Waals surface area contributed by atoms with Crippen molar-refractivity contribution in [1.82, 2.24) is 25.1 Å². The second kappa shape index (κ2) is 15.9. The van der Waals surface area contributed by atoms with Gasteiger partial charge in [-0.3, -0.25) is 34.2 Å². The van der Waals surface area contributed by atoms with E-state index in [1.807, 2.05) is 6.07 Å². The van der Waals surface area contributed by atoms with Gasteiger partial charge in [0.2, 0.25) is 11.8 Å². The van der Waals surface area contributed by atoms with E-state index in [1.165, 1.54) is 18.9 Å². The Balaban J connectivity index is 0.735. The summed E-state index contributed by atoms with van der Waals surface area (Å²) in [4.78, 5) is 76.0. The molecule has 326 valence electrons. The fourth-order valence-electron chi connectivity index (χ4n) is 10.7. The first-order valence-corrected chi connectivity index (χ1v) is 22.4. The molecule has 0 radical (unpaired) electrons. The van der Waals surface area contributed by atoms with Crippen molar-refractivity contribution >= 4 is 56.8 Å². The summed E-state index contributed by atoms with van der Waals surface area (Å²) in [5.41, 5.74) is 0.487. The average molecular weight is 871 g/mol. The van der Waals surface area contributed by atoms with Gasteiger partial charge in [-0.1, -0.05) is 24.6 Å². The number of aliphatic hydroxyl groups is 1. The molecule has 2 aliphatic carbocycles. The number of fused-ring (bicyclic) bond motifs is 2. The van der Waals surface area contributed by atoms with Crippen LogP contribution in [0.1, 0.15) is 137 Å². The first kappa shape index (κ1) is 42.3. The van der Waals surface area contributed by atoms with Crippen molar-refractivity contribution in [2.45, 2.75) is 108 Å². The minimum absolute atomic E-state index is 0.0916. The predicted octanol–water partition coefficient (Wildman–Crippen LogP) is 7.60. The van der Waals surface area contributed by atoms with E-state index < -0.39 is 53.0 Å². The number of imide groups is 2. The largest absolute Gasteiger partial charge is 0.433 e. The third-order valence-corrected chi connectivity index (χ3v) is 14.8. The summed E-state index contributed by atoms with van der Waals surface area (Å²) in [7, 11) is 0. The van der Waals surface area contributed by atoms with Gasteiger partial charge in [0, 0.05) is 43.2 Å². The number of benzene rings is 2. The van der Waals surface area contributed by atoms with Gasteiger partial charge in [-0.25, -0.2) is 9.97 Å². The van der Waals surface area contributed by atoms with E-state index in [2.05, 4.69) is 20.5 Å². The van der Waals surface area contributed by atoms with Crippen LogP contribution in [0.2, 0.25) is 0 Å². The van der Waals surface area contributed by atoms with Crippen molar-refractivity contribution in [3.63, 3.8) is 0 Å². The lowest BCUT2D eigenvalue weighted by molar-refractivity contribution is -0.141. The summed E-state index contributed by atoms with van der Waals surface area (Å²) >= 11 is 1.55. The first-order valence-electron chi connectivity index (χ1n) is 21.5. The molecule has 3 aliphatic heterocycles. The summed E-state index contributed by atoms with van der Waals surface area (Å²) in [6, 6.07) is 11.0. The number of pyridine rings is 1. The number of hydrogen-bond acceptors (Lipinski definition) is 10. The van der Waals surface area contributed by atoms with Crippen LogP contribution in [0.3, 0.4) is 0 Å². The molecule has 16 heteroatoms. The highest BCUT2D eigenvalue weighted by molar-refractivity contribution is 7.18. The Hall–Kier alpha value is -5.06. The smallest absolute Gasteiger partial charge is 0.386 e. The van der Waals surface area contributed by atoms with Gasteiger partial charge in [-0.15, -0.1) is 11.3 Å². The molecule has 2 aromatic heterocycles. The standard InChI is InChI=1S/C46H49F3N6O6S/c1-44(2,61)30-18-33-35(19-32(30)51-39(57)31-10-5-11-36(50-31)46(47,48)49)62-41(52-33)28-14-12-25(13-15-28)22-54-23-45(24-54)20-26(21-45)6-3-7-27-8-4-9-29-38(27)43(60)55(42(29)59)34-16-17-37(56)53-40(34)58/h4-5,8-11,18-19,25-26,28,34,61H,3,6-7,12-17,20-24H2,1-2H3,(H,51,57)(H,53,56,58)/t25?,28?,34-/m1/s1. The monoisotopic (exact) mass is 870 g/mol. The molecule has 0 bridgehead atoms. The van der Waals surface area contributed by atoms with Crippen LogP contribution in [0, 0.1) is 17.3 Å². The van der Waals surface area contributed by atoms with Crippen LogP contribution in [0.4, 0.5) is 18.9 Å². The molecule has 2 saturated carbocycles. The quantitative estimate of drug-likeness (QED) is 0.129. The third-order valence-electron chi connectivity index (χ3n) is 13.6. The number of thiazole rings is 1. The maximum atomic E-state index is 13.5. The molecule has 2 saturated heterocycles. The van der Waals surface area contributed by atoms with Crippen molar-refractivity contribution in [2.75, 3.05) is 25.0 Å². The second-order valence-electron chi connectivity index (χ2n) is 18.7. The number of aromatic nitrogens is 2. The topological polar surface area (TPSA) is 162 Å². The molecule has 5 aliphatic rings. The van der Waals surface area contributed by atoms with Gasteiger partial charge in [0.15, 0.2) is 0 Å². The molecule has 9 rings (SSSR count). The van der Waals surface area contributed by atoms with Crippen LogP contribution >= 0.6 is 11.3 Å². The highest BCUT2D eigenvalue weighted by Crippen LogP contribution is 2.54. The van der Waals surface area contributed by atoms with E-state index >= 15 is 0 Å². The molecule has 3 N–H and O–H groups in total. The Morgan fingerprint density at radius 3 is 2.40 bits per heavy atom. The lowest BCUT2D eigenvalue weighted by atomic mass is 9.56. The number of alkyl halides is 3. The van der Waals surface area contributed by atoms with Crippen LogP contribution in [0.25, 0.3) is 10.2 Å². The van der Waals surface area contributed by atoms with Crippen LogP contribution in [-0.2, 0) is 27.8 Å². The Morgan fingerprint density at radius 1 is 0.952 bits per heavy atom. The molecular weight excluding hydrogens is 822 g/mol. The molecule has 4 fully saturated rings. The predicted molar refractivity (Wildman–Crippen MR) is 224 cm³/mol. The van der Waals surface area contributed by atoms with Gasteiger partial charge < -0.3 is 15.3 Å². The fraction of sp³-hybridized carbons (Fsp3) is 0.500. The van der Waals surface area contributed by atoms with Crippen LogP contribution in [0.5, 0.6) is 0 Å². The fourth-order valence-corrected chi connectivity index (χ4v) is 11.8. The molecule has 1 atom stereocenters. The van der Waals surface area contributed by atoms with Gasteiger partial charge in [0.05, 0.1) is 32.0 Å². The molecule has 1 spiro atoms. The lowest BCUT2D eigenvalue weighted by Crippen LogP contribution is -2.62. The third kappa shape index (κ3) is 8.16. The van der Waals surface area contributed by atoms with E-state index in [9.17, 15) is 42.3 Å².